The van der Waals surface area contributed by atoms with Crippen LogP contribution in [-0.4, -0.2) is 35.6 Å². The summed E-state index contributed by atoms with van der Waals surface area (Å²) in [6.45, 7) is 2.53. The Bertz CT molecular complexity index is 702. The van der Waals surface area contributed by atoms with Gasteiger partial charge in [0.1, 0.15) is 5.75 Å². The van der Waals surface area contributed by atoms with Crippen molar-refractivity contribution in [2.24, 2.45) is 5.92 Å². The molecule has 5 nitrogen and oxygen atoms in total. The molecule has 5 heteroatoms. The summed E-state index contributed by atoms with van der Waals surface area (Å²) in [5.41, 5.74) is 1.76. The number of aromatic nitrogens is 1. The second-order valence-electron chi connectivity index (χ2n) is 7.57. The number of phenolic OH excluding ortho intramolecular Hbond substituents is 1. The molecule has 1 aromatic heterocycles. The zero-order valence-corrected chi connectivity index (χ0v) is 14.5. The van der Waals surface area contributed by atoms with E-state index in [4.69, 9.17) is 9.26 Å². The zero-order chi connectivity index (χ0) is 17.1. The van der Waals surface area contributed by atoms with Crippen molar-refractivity contribution in [3.8, 4) is 17.1 Å². The van der Waals surface area contributed by atoms with Crippen molar-refractivity contribution in [3.63, 3.8) is 0 Å². The number of aromatic hydroxyl groups is 1. The molecule has 2 heterocycles. The fourth-order valence-corrected chi connectivity index (χ4v) is 3.90. The molecule has 1 aromatic carbocycles. The molecule has 0 radical (unpaired) electrons. The van der Waals surface area contributed by atoms with E-state index in [0.29, 0.717) is 5.76 Å². The van der Waals surface area contributed by atoms with E-state index in [1.807, 2.05) is 12.1 Å². The maximum atomic E-state index is 9.62. The third kappa shape index (κ3) is 3.88. The van der Waals surface area contributed by atoms with E-state index in [9.17, 15) is 5.11 Å². The fourth-order valence-electron chi connectivity index (χ4n) is 3.90. The van der Waals surface area contributed by atoms with E-state index >= 15 is 0 Å². The molecular weight excluding hydrogens is 316 g/mol. The van der Waals surface area contributed by atoms with Gasteiger partial charge in [0, 0.05) is 18.1 Å². The predicted molar refractivity (Wildman–Crippen MR) is 95.4 cm³/mol. The van der Waals surface area contributed by atoms with Crippen LogP contribution in [0, 0.1) is 5.92 Å². The Hall–Kier alpha value is -1.85. The van der Waals surface area contributed by atoms with Crippen molar-refractivity contribution in [3.05, 3.63) is 36.0 Å². The maximum absolute atomic E-state index is 9.62. The summed E-state index contributed by atoms with van der Waals surface area (Å²) < 4.78 is 11.0. The van der Waals surface area contributed by atoms with Gasteiger partial charge in [0.15, 0.2) is 5.76 Å². The molecule has 4 rings (SSSR count). The summed E-state index contributed by atoms with van der Waals surface area (Å²) in [6.07, 6.45) is 7.62. The minimum Gasteiger partial charge on any atom is -0.508 e. The smallest absolute Gasteiger partial charge is 0.167 e. The van der Waals surface area contributed by atoms with Crippen LogP contribution in [-0.2, 0) is 11.2 Å². The second-order valence-corrected chi connectivity index (χ2v) is 7.57. The van der Waals surface area contributed by atoms with Crippen molar-refractivity contribution < 1.29 is 14.4 Å². The number of nitrogens with one attached hydrogen (secondary N) is 1. The molecule has 0 spiro atoms. The van der Waals surface area contributed by atoms with Crippen LogP contribution in [0.3, 0.4) is 0 Å². The summed E-state index contributed by atoms with van der Waals surface area (Å²) in [6, 6.07) is 9.02. The summed E-state index contributed by atoms with van der Waals surface area (Å²) in [5, 5.41) is 17.6. The van der Waals surface area contributed by atoms with Gasteiger partial charge in [0.05, 0.1) is 24.4 Å². The summed E-state index contributed by atoms with van der Waals surface area (Å²) in [4.78, 5) is 0. The molecule has 134 valence electrons. The van der Waals surface area contributed by atoms with Gasteiger partial charge in [-0.15, -0.1) is 0 Å². The minimum absolute atomic E-state index is 0.00951. The molecule has 1 aliphatic heterocycles. The standard InChI is InChI=1S/C20H26N2O3/c23-18-8-4-7-16(9-18)19-10-17(22-25-19)11-20(13-24-14-20)21-12-15-5-2-1-3-6-15/h4,7-10,15,21,23H,1-3,5-6,11-14H2. The lowest BCUT2D eigenvalue weighted by molar-refractivity contribution is -0.0764. The van der Waals surface area contributed by atoms with Crippen molar-refractivity contribution in [2.75, 3.05) is 19.8 Å². The zero-order valence-electron chi connectivity index (χ0n) is 14.5. The van der Waals surface area contributed by atoms with Gasteiger partial charge in [-0.1, -0.05) is 36.6 Å². The largest absolute Gasteiger partial charge is 0.508 e. The van der Waals surface area contributed by atoms with Crippen LogP contribution in [0.25, 0.3) is 11.3 Å². The van der Waals surface area contributed by atoms with Gasteiger partial charge in [-0.25, -0.2) is 0 Å². The van der Waals surface area contributed by atoms with Gasteiger partial charge in [-0.3, -0.25) is 0 Å². The number of benzene rings is 1. The Balaban J connectivity index is 1.40. The molecule has 0 bridgehead atoms. The van der Waals surface area contributed by atoms with Crippen LogP contribution in [0.15, 0.2) is 34.9 Å². The first-order valence-corrected chi connectivity index (χ1v) is 9.30. The highest BCUT2D eigenvalue weighted by Crippen LogP contribution is 2.29. The molecule has 2 fully saturated rings. The average molecular weight is 342 g/mol. The van der Waals surface area contributed by atoms with E-state index in [0.717, 1.165) is 43.4 Å². The first-order valence-electron chi connectivity index (χ1n) is 9.30. The minimum atomic E-state index is -0.00951. The van der Waals surface area contributed by atoms with Crippen LogP contribution in [0.1, 0.15) is 37.8 Å². The highest BCUT2D eigenvalue weighted by molar-refractivity contribution is 5.59. The number of rotatable bonds is 6. The van der Waals surface area contributed by atoms with Crippen molar-refractivity contribution in [1.29, 1.82) is 0 Å². The second kappa shape index (κ2) is 7.18. The summed E-state index contributed by atoms with van der Waals surface area (Å²) in [5.74, 6) is 1.72. The van der Waals surface area contributed by atoms with E-state index < -0.39 is 0 Å². The molecule has 0 amide bonds. The van der Waals surface area contributed by atoms with Gasteiger partial charge in [0.2, 0.25) is 0 Å². The van der Waals surface area contributed by atoms with Gasteiger partial charge in [-0.05, 0) is 37.4 Å². The summed E-state index contributed by atoms with van der Waals surface area (Å²) in [7, 11) is 0. The first kappa shape index (κ1) is 16.6. The van der Waals surface area contributed by atoms with Gasteiger partial charge < -0.3 is 19.7 Å². The first-order chi connectivity index (χ1) is 12.2. The van der Waals surface area contributed by atoms with Gasteiger partial charge in [-0.2, -0.15) is 0 Å². The van der Waals surface area contributed by atoms with Crippen molar-refractivity contribution >= 4 is 0 Å². The van der Waals surface area contributed by atoms with Crippen LogP contribution >= 0.6 is 0 Å². The Morgan fingerprint density at radius 2 is 2.00 bits per heavy atom. The van der Waals surface area contributed by atoms with Crippen LogP contribution < -0.4 is 5.32 Å². The van der Waals surface area contributed by atoms with Crippen LogP contribution in [0.4, 0.5) is 0 Å². The van der Waals surface area contributed by atoms with Gasteiger partial charge in [0.25, 0.3) is 0 Å². The van der Waals surface area contributed by atoms with Gasteiger partial charge >= 0.3 is 0 Å². The van der Waals surface area contributed by atoms with E-state index in [-0.39, 0.29) is 11.3 Å². The fraction of sp³-hybridized carbons (Fsp3) is 0.550. The van der Waals surface area contributed by atoms with Crippen molar-refractivity contribution in [1.82, 2.24) is 10.5 Å². The molecule has 2 N–H and O–H groups in total. The molecule has 1 saturated carbocycles. The lowest BCUT2D eigenvalue weighted by Crippen LogP contribution is -2.62. The SMILES string of the molecule is Oc1cccc(-c2cc(CC3(NCC4CCCCC4)COC3)no2)c1. The Morgan fingerprint density at radius 3 is 2.72 bits per heavy atom. The lowest BCUT2D eigenvalue weighted by Gasteiger charge is -2.43. The third-order valence-electron chi connectivity index (χ3n) is 5.46. The predicted octanol–water partition coefficient (Wildman–Crippen LogP) is 3.53. The third-order valence-corrected chi connectivity index (χ3v) is 5.46. The molecule has 25 heavy (non-hydrogen) atoms. The molecule has 1 saturated heterocycles. The average Bonchev–Trinajstić information content (AvgIpc) is 3.06. The molecule has 1 aliphatic carbocycles. The number of hydrogen-bond donors (Lipinski definition) is 2. The molecule has 0 unspecified atom stereocenters. The maximum Gasteiger partial charge on any atom is 0.167 e. The lowest BCUT2D eigenvalue weighted by atomic mass is 9.86. The van der Waals surface area contributed by atoms with Crippen LogP contribution in [0.2, 0.25) is 0 Å². The molecular formula is C20H26N2O3. The quantitative estimate of drug-likeness (QED) is 0.840. The van der Waals surface area contributed by atoms with E-state index in [1.165, 1.54) is 32.1 Å². The Labute approximate surface area is 148 Å². The summed E-state index contributed by atoms with van der Waals surface area (Å²) >= 11 is 0. The molecule has 0 atom stereocenters. The normalized spacial score (nSPS) is 20.3. The number of nitrogens with zero attached hydrogens (tertiary/aromatic N) is 1. The highest BCUT2D eigenvalue weighted by Gasteiger charge is 2.39. The molecule has 2 aliphatic rings. The molecule has 2 aromatic rings. The monoisotopic (exact) mass is 342 g/mol. The van der Waals surface area contributed by atoms with E-state index in [2.05, 4.69) is 10.5 Å². The number of phenols is 1. The van der Waals surface area contributed by atoms with Crippen LogP contribution in [0.5, 0.6) is 5.75 Å². The number of ether oxygens (including phenoxy) is 1. The Kier molecular flexibility index (Phi) is 4.77. The number of hydrogen-bond acceptors (Lipinski definition) is 5. The van der Waals surface area contributed by atoms with Crippen molar-refractivity contribution in [2.45, 2.75) is 44.1 Å². The topological polar surface area (TPSA) is 67.5 Å². The highest BCUT2D eigenvalue weighted by atomic mass is 16.5. The van der Waals surface area contributed by atoms with E-state index in [1.54, 1.807) is 18.2 Å². The Morgan fingerprint density at radius 1 is 1.16 bits per heavy atom.